The molecule has 0 radical (unpaired) electrons. The predicted octanol–water partition coefficient (Wildman–Crippen LogP) is -0.415. The summed E-state index contributed by atoms with van der Waals surface area (Å²) in [7, 11) is 1.55. The largest absolute Gasteiger partial charge is 0.480 e. The van der Waals surface area contributed by atoms with Gasteiger partial charge < -0.3 is 10.4 Å². The Morgan fingerprint density at radius 3 is 2.71 bits per heavy atom. The van der Waals surface area contributed by atoms with E-state index < -0.39 is 18.0 Å². The summed E-state index contributed by atoms with van der Waals surface area (Å²) >= 11 is 0. The molecule has 0 saturated carbocycles. The fourth-order valence-corrected chi connectivity index (χ4v) is 1.18. The molecule has 1 rings (SSSR count). The molecule has 0 saturated heterocycles. The van der Waals surface area contributed by atoms with Crippen molar-refractivity contribution in [2.45, 2.75) is 25.8 Å². The van der Waals surface area contributed by atoms with Gasteiger partial charge >= 0.3 is 12.0 Å². The average molecular weight is 242 g/mol. The van der Waals surface area contributed by atoms with Crippen molar-refractivity contribution >= 4 is 17.9 Å². The van der Waals surface area contributed by atoms with Crippen molar-refractivity contribution in [3.8, 4) is 0 Å². The van der Waals surface area contributed by atoms with Gasteiger partial charge in [-0.3, -0.25) is 5.32 Å². The molecule has 94 valence electrons. The Balaban J connectivity index is 2.50. The third-order valence-corrected chi connectivity index (χ3v) is 1.91. The van der Waals surface area contributed by atoms with E-state index in [4.69, 9.17) is 5.11 Å². The van der Waals surface area contributed by atoms with Gasteiger partial charge in [0.2, 0.25) is 0 Å². The minimum absolute atomic E-state index is 0.0191. The minimum atomic E-state index is -1.07. The SMILES string of the molecule is CCC[C@@H](NC(=O)Nc1nnn(C)n1)C(=O)O. The van der Waals surface area contributed by atoms with E-state index >= 15 is 0 Å². The first-order valence-electron chi connectivity index (χ1n) is 5.07. The molecule has 9 nitrogen and oxygen atoms in total. The topological polar surface area (TPSA) is 122 Å². The molecular weight excluding hydrogens is 228 g/mol. The van der Waals surface area contributed by atoms with Crippen LogP contribution in [0.1, 0.15) is 19.8 Å². The van der Waals surface area contributed by atoms with Gasteiger partial charge in [-0.05, 0) is 11.6 Å². The summed E-state index contributed by atoms with van der Waals surface area (Å²) in [6.45, 7) is 1.83. The molecule has 1 aromatic heterocycles. The first kappa shape index (κ1) is 12.9. The average Bonchev–Trinajstić information content (AvgIpc) is 2.63. The predicted molar refractivity (Wildman–Crippen MR) is 57.3 cm³/mol. The van der Waals surface area contributed by atoms with Crippen LogP contribution in [0.3, 0.4) is 0 Å². The fraction of sp³-hybridized carbons (Fsp3) is 0.625. The smallest absolute Gasteiger partial charge is 0.326 e. The zero-order valence-electron chi connectivity index (χ0n) is 9.54. The summed E-state index contributed by atoms with van der Waals surface area (Å²) in [5.74, 6) is -1.06. The number of carbonyl (C=O) groups is 2. The van der Waals surface area contributed by atoms with Gasteiger partial charge in [0.25, 0.3) is 5.95 Å². The Labute approximate surface area is 97.2 Å². The lowest BCUT2D eigenvalue weighted by Gasteiger charge is -2.12. The molecule has 2 amide bonds. The molecule has 1 atom stereocenters. The minimum Gasteiger partial charge on any atom is -0.480 e. The highest BCUT2D eigenvalue weighted by Crippen LogP contribution is 1.98. The number of aliphatic carboxylic acids is 1. The number of hydrogen-bond acceptors (Lipinski definition) is 5. The molecule has 3 N–H and O–H groups in total. The van der Waals surface area contributed by atoms with Crippen LogP contribution >= 0.6 is 0 Å². The fourth-order valence-electron chi connectivity index (χ4n) is 1.18. The first-order valence-corrected chi connectivity index (χ1v) is 5.07. The van der Waals surface area contributed by atoms with Crippen LogP contribution in [-0.2, 0) is 11.8 Å². The molecule has 0 fully saturated rings. The third kappa shape index (κ3) is 4.05. The Hall–Kier alpha value is -2.19. The van der Waals surface area contributed by atoms with Crippen LogP contribution in [0.25, 0.3) is 0 Å². The first-order chi connectivity index (χ1) is 8.02. The van der Waals surface area contributed by atoms with E-state index in [1.165, 1.54) is 4.80 Å². The monoisotopic (exact) mass is 242 g/mol. The number of carbonyl (C=O) groups excluding carboxylic acids is 1. The van der Waals surface area contributed by atoms with Gasteiger partial charge in [-0.1, -0.05) is 18.4 Å². The number of anilines is 1. The van der Waals surface area contributed by atoms with Gasteiger partial charge in [-0.15, -0.1) is 5.10 Å². The summed E-state index contributed by atoms with van der Waals surface area (Å²) < 4.78 is 0. The summed E-state index contributed by atoms with van der Waals surface area (Å²) in [5.41, 5.74) is 0. The van der Waals surface area contributed by atoms with Crippen molar-refractivity contribution in [2.24, 2.45) is 7.05 Å². The third-order valence-electron chi connectivity index (χ3n) is 1.91. The van der Waals surface area contributed by atoms with E-state index in [0.29, 0.717) is 12.8 Å². The molecule has 0 aromatic carbocycles. The lowest BCUT2D eigenvalue weighted by Crippen LogP contribution is -2.43. The van der Waals surface area contributed by atoms with Gasteiger partial charge in [0.05, 0.1) is 7.05 Å². The Morgan fingerprint density at radius 1 is 1.53 bits per heavy atom. The van der Waals surface area contributed by atoms with Crippen molar-refractivity contribution in [2.75, 3.05) is 5.32 Å². The van der Waals surface area contributed by atoms with E-state index in [-0.39, 0.29) is 5.95 Å². The van der Waals surface area contributed by atoms with Crippen molar-refractivity contribution in [1.29, 1.82) is 0 Å². The summed E-state index contributed by atoms with van der Waals surface area (Å²) in [6, 6.07) is -1.59. The number of tetrazole rings is 1. The quantitative estimate of drug-likeness (QED) is 0.644. The van der Waals surface area contributed by atoms with Crippen molar-refractivity contribution in [3.05, 3.63) is 0 Å². The maximum Gasteiger partial charge on any atom is 0.326 e. The Kier molecular flexibility index (Phi) is 4.37. The van der Waals surface area contributed by atoms with Crippen molar-refractivity contribution < 1.29 is 14.7 Å². The van der Waals surface area contributed by atoms with E-state index in [2.05, 4.69) is 26.0 Å². The second-order valence-electron chi connectivity index (χ2n) is 3.38. The maximum absolute atomic E-state index is 11.4. The standard InChI is InChI=1S/C8H14N6O3/c1-3-4-5(6(15)16)9-8(17)10-7-11-13-14(2)12-7/h5H,3-4H2,1-2H3,(H,15,16)(H2,9,10,12,17)/t5-/m1/s1. The highest BCUT2D eigenvalue weighted by atomic mass is 16.4. The van der Waals surface area contributed by atoms with Gasteiger partial charge in [0, 0.05) is 0 Å². The van der Waals surface area contributed by atoms with Crippen LogP contribution < -0.4 is 10.6 Å². The van der Waals surface area contributed by atoms with E-state index in [9.17, 15) is 9.59 Å². The van der Waals surface area contributed by atoms with Crippen LogP contribution in [0.5, 0.6) is 0 Å². The van der Waals surface area contributed by atoms with Gasteiger partial charge in [-0.2, -0.15) is 4.80 Å². The van der Waals surface area contributed by atoms with Gasteiger partial charge in [0.15, 0.2) is 0 Å². The van der Waals surface area contributed by atoms with Crippen LogP contribution in [0.15, 0.2) is 0 Å². The number of carboxylic acid groups (broad SMARTS) is 1. The van der Waals surface area contributed by atoms with E-state index in [1.807, 2.05) is 6.92 Å². The number of hydrogen-bond donors (Lipinski definition) is 3. The highest BCUT2D eigenvalue weighted by molar-refractivity contribution is 5.90. The molecule has 0 unspecified atom stereocenters. The molecular formula is C8H14N6O3. The number of rotatable bonds is 5. The molecule has 1 heterocycles. The second-order valence-corrected chi connectivity index (χ2v) is 3.38. The normalized spacial score (nSPS) is 11.9. The molecule has 1 aromatic rings. The number of aryl methyl sites for hydroxylation is 1. The lowest BCUT2D eigenvalue weighted by molar-refractivity contribution is -0.139. The number of aromatic nitrogens is 4. The van der Waals surface area contributed by atoms with Crippen LogP contribution in [0, 0.1) is 0 Å². The molecule has 0 aliphatic rings. The zero-order valence-corrected chi connectivity index (χ0v) is 9.54. The van der Waals surface area contributed by atoms with Crippen LogP contribution in [-0.4, -0.2) is 43.4 Å². The number of carboxylic acids is 1. The van der Waals surface area contributed by atoms with Gasteiger partial charge in [-0.25, -0.2) is 9.59 Å². The summed E-state index contributed by atoms with van der Waals surface area (Å²) in [4.78, 5) is 23.4. The van der Waals surface area contributed by atoms with Crippen molar-refractivity contribution in [3.63, 3.8) is 0 Å². The molecule has 9 heteroatoms. The molecule has 0 aliphatic carbocycles. The number of nitrogens with zero attached hydrogens (tertiary/aromatic N) is 4. The lowest BCUT2D eigenvalue weighted by atomic mass is 10.2. The molecule has 17 heavy (non-hydrogen) atoms. The van der Waals surface area contributed by atoms with E-state index in [0.717, 1.165) is 0 Å². The van der Waals surface area contributed by atoms with Crippen LogP contribution in [0.2, 0.25) is 0 Å². The Morgan fingerprint density at radius 2 is 2.24 bits per heavy atom. The Bertz CT molecular complexity index is 404. The molecule has 0 aliphatic heterocycles. The zero-order chi connectivity index (χ0) is 12.8. The van der Waals surface area contributed by atoms with Crippen molar-refractivity contribution in [1.82, 2.24) is 25.5 Å². The second kappa shape index (κ2) is 5.77. The van der Waals surface area contributed by atoms with Gasteiger partial charge in [0.1, 0.15) is 6.04 Å². The maximum atomic E-state index is 11.4. The number of urea groups is 1. The number of amides is 2. The highest BCUT2D eigenvalue weighted by Gasteiger charge is 2.19. The number of nitrogens with one attached hydrogen (secondary N) is 2. The van der Waals surface area contributed by atoms with Crippen LogP contribution in [0.4, 0.5) is 10.7 Å². The van der Waals surface area contributed by atoms with E-state index in [1.54, 1.807) is 7.05 Å². The summed E-state index contributed by atoms with van der Waals surface area (Å²) in [5, 5.41) is 24.2. The molecule has 0 bridgehead atoms. The molecule has 0 spiro atoms. The summed E-state index contributed by atoms with van der Waals surface area (Å²) in [6.07, 6.45) is 1.01.